The number of rotatable bonds is 9. The van der Waals surface area contributed by atoms with Crippen molar-refractivity contribution in [1.29, 1.82) is 0 Å². The maximum absolute atomic E-state index is 11.0. The van der Waals surface area contributed by atoms with Crippen LogP contribution < -0.4 is 0 Å². The van der Waals surface area contributed by atoms with Crippen LogP contribution in [0.2, 0.25) is 0 Å². The molecule has 22 heavy (non-hydrogen) atoms. The van der Waals surface area contributed by atoms with Gasteiger partial charge in [0, 0.05) is 19.4 Å². The number of nitrogens with zero attached hydrogens (tertiary/aromatic N) is 3. The van der Waals surface area contributed by atoms with Gasteiger partial charge in [0.15, 0.2) is 6.61 Å². The normalized spacial score (nSPS) is 17.4. The predicted octanol–water partition coefficient (Wildman–Crippen LogP) is -1.16. The van der Waals surface area contributed by atoms with Crippen molar-refractivity contribution in [3.63, 3.8) is 0 Å². The quantitative estimate of drug-likeness (QED) is 0.236. The summed E-state index contributed by atoms with van der Waals surface area (Å²) in [4.78, 5) is 28.0. The van der Waals surface area contributed by atoms with Crippen LogP contribution in [0.25, 0.3) is 0 Å². The maximum Gasteiger partial charge on any atom is 0.435 e. The highest BCUT2D eigenvalue weighted by atomic mass is 32.3. The molecule has 0 saturated heterocycles. The molecule has 0 spiro atoms. The second-order valence-corrected chi connectivity index (χ2v) is 5.13. The van der Waals surface area contributed by atoms with Crippen molar-refractivity contribution in [2.24, 2.45) is 9.98 Å². The first kappa shape index (κ1) is 18.1. The van der Waals surface area contributed by atoms with Gasteiger partial charge in [0.25, 0.3) is 0 Å². The lowest BCUT2D eigenvalue weighted by molar-refractivity contribution is -0.570. The number of ether oxygens (including phenoxy) is 2. The fraction of sp³-hybridized carbons (Fsp3) is 0.667. The molecular weight excluding hydrogens is 326 g/mol. The van der Waals surface area contributed by atoms with E-state index in [0.717, 1.165) is 19.4 Å². The van der Waals surface area contributed by atoms with E-state index in [0.29, 0.717) is 0 Å². The Labute approximate surface area is 124 Å². The average Bonchev–Trinajstić information content (AvgIpc) is 2.86. The van der Waals surface area contributed by atoms with Gasteiger partial charge in [0.05, 0.1) is 11.5 Å². The van der Waals surface area contributed by atoms with E-state index >= 15 is 0 Å². The molecule has 0 fully saturated rings. The zero-order valence-corrected chi connectivity index (χ0v) is 12.1. The molecule has 1 aliphatic rings. The molecule has 1 N–H and O–H groups in total. The Morgan fingerprint density at radius 1 is 1.41 bits per heavy atom. The molecule has 13 heteroatoms. The molecule has 1 rings (SSSR count). The monoisotopic (exact) mass is 339 g/mol. The van der Waals surface area contributed by atoms with Gasteiger partial charge >= 0.3 is 22.2 Å². The molecule has 1 atom stereocenters. The number of hydrogen-bond acceptors (Lipinski definition) is 10. The van der Waals surface area contributed by atoms with Gasteiger partial charge in [-0.3, -0.25) is 19.5 Å². The van der Waals surface area contributed by atoms with Gasteiger partial charge in [-0.15, -0.1) is 0 Å². The maximum atomic E-state index is 11.0. The van der Waals surface area contributed by atoms with Crippen LogP contribution in [0.3, 0.4) is 0 Å². The number of carbonyl (C=O) groups is 1. The van der Waals surface area contributed by atoms with Gasteiger partial charge in [0.2, 0.25) is 0 Å². The Balaban J connectivity index is 2.66. The second kappa shape index (κ2) is 7.35. The molecule has 0 bridgehead atoms. The van der Waals surface area contributed by atoms with E-state index < -0.39 is 53.0 Å². The Bertz CT molecular complexity index is 573. The highest BCUT2D eigenvalue weighted by Crippen LogP contribution is 2.18. The van der Waals surface area contributed by atoms with E-state index in [2.05, 4.69) is 18.9 Å². The lowest BCUT2D eigenvalue weighted by Gasteiger charge is -2.19. The fourth-order valence-electron chi connectivity index (χ4n) is 1.31. The van der Waals surface area contributed by atoms with Crippen molar-refractivity contribution in [2.45, 2.75) is 18.8 Å². The molecule has 0 aromatic heterocycles. The summed E-state index contributed by atoms with van der Waals surface area (Å²) in [6.45, 7) is -0.696. The summed E-state index contributed by atoms with van der Waals surface area (Å²) in [5.41, 5.74) is 0. The molecule has 0 amide bonds. The van der Waals surface area contributed by atoms with E-state index in [1.54, 1.807) is 0 Å². The fourth-order valence-corrected chi connectivity index (χ4v) is 1.63. The highest BCUT2D eigenvalue weighted by Gasteiger charge is 2.44. The van der Waals surface area contributed by atoms with Gasteiger partial charge in [-0.05, 0) is 0 Å². The summed E-state index contributed by atoms with van der Waals surface area (Å²) in [7, 11) is -4.74. The minimum atomic E-state index is -4.74. The first-order valence-electron chi connectivity index (χ1n) is 5.75. The van der Waals surface area contributed by atoms with Crippen LogP contribution in [-0.4, -0.2) is 68.0 Å². The minimum Gasteiger partial charge on any atom is -0.463 e. The molecule has 0 aliphatic carbocycles. The Kier molecular flexibility index (Phi) is 6.04. The van der Waals surface area contributed by atoms with Crippen LogP contribution in [-0.2, 0) is 28.9 Å². The summed E-state index contributed by atoms with van der Waals surface area (Å²) >= 11 is 0. The van der Waals surface area contributed by atoms with E-state index in [9.17, 15) is 23.3 Å². The Hall–Kier alpha value is -1.96. The summed E-state index contributed by atoms with van der Waals surface area (Å²) in [5, 5.41) is 11.0. The summed E-state index contributed by atoms with van der Waals surface area (Å²) in [6.07, 6.45) is 1.04. The first-order valence-corrected chi connectivity index (χ1v) is 7.11. The molecule has 0 aromatic rings. The van der Waals surface area contributed by atoms with Gasteiger partial charge in [-0.1, -0.05) is 0 Å². The third-order valence-electron chi connectivity index (χ3n) is 2.31. The largest absolute Gasteiger partial charge is 0.463 e. The number of esters is 1. The standard InChI is InChI=1S/C9H13N3O9S/c1-7(13)19-4-8(5-21-22(16,17)18)20-6-9(12(14)15)10-2-3-11-9/h2-3,8H,4-6H2,1H3,(H,16,17,18). The minimum absolute atomic E-state index is 0.438. The number of aliphatic imine (C=N–C) groups is 2. The van der Waals surface area contributed by atoms with E-state index in [1.807, 2.05) is 0 Å². The van der Waals surface area contributed by atoms with Crippen LogP contribution in [0.4, 0.5) is 0 Å². The molecule has 0 aromatic carbocycles. The van der Waals surface area contributed by atoms with E-state index in [-0.39, 0.29) is 0 Å². The van der Waals surface area contributed by atoms with Gasteiger partial charge in [-0.2, -0.15) is 18.4 Å². The predicted molar refractivity (Wildman–Crippen MR) is 70.6 cm³/mol. The smallest absolute Gasteiger partial charge is 0.435 e. The third kappa shape index (κ3) is 5.80. The van der Waals surface area contributed by atoms with Crippen LogP contribution >= 0.6 is 0 Å². The molecule has 124 valence electrons. The van der Waals surface area contributed by atoms with E-state index in [4.69, 9.17) is 9.29 Å². The van der Waals surface area contributed by atoms with Crippen LogP contribution in [0.1, 0.15) is 6.92 Å². The summed E-state index contributed by atoms with van der Waals surface area (Å²) in [5.74, 6) is -2.76. The van der Waals surface area contributed by atoms with Crippen molar-refractivity contribution in [3.8, 4) is 0 Å². The topological polar surface area (TPSA) is 167 Å². The molecule has 0 saturated carbocycles. The summed E-state index contributed by atoms with van der Waals surface area (Å²) in [6, 6.07) is 0. The molecule has 12 nitrogen and oxygen atoms in total. The van der Waals surface area contributed by atoms with Gasteiger partial charge in [0.1, 0.15) is 12.7 Å². The third-order valence-corrected chi connectivity index (χ3v) is 2.74. The van der Waals surface area contributed by atoms with Crippen molar-refractivity contribution in [3.05, 3.63) is 10.1 Å². The van der Waals surface area contributed by atoms with E-state index in [1.165, 1.54) is 0 Å². The molecule has 0 radical (unpaired) electrons. The number of nitro groups is 1. The van der Waals surface area contributed by atoms with Gasteiger partial charge in [-0.25, -0.2) is 4.18 Å². The second-order valence-electron chi connectivity index (χ2n) is 4.04. The van der Waals surface area contributed by atoms with Gasteiger partial charge < -0.3 is 9.47 Å². The van der Waals surface area contributed by atoms with Crippen molar-refractivity contribution in [2.75, 3.05) is 19.8 Å². The molecule has 1 heterocycles. The van der Waals surface area contributed by atoms with Crippen molar-refractivity contribution < 1.29 is 36.3 Å². The number of hydrogen-bond donors (Lipinski definition) is 1. The Morgan fingerprint density at radius 3 is 2.45 bits per heavy atom. The Morgan fingerprint density at radius 2 is 2.00 bits per heavy atom. The molecule has 1 aliphatic heterocycles. The SMILES string of the molecule is CC(=O)OCC(COS(=O)(=O)O)OCC1([N+](=O)[O-])N=CC=N1. The first-order chi connectivity index (χ1) is 10.1. The molecule has 1 unspecified atom stereocenters. The van der Waals surface area contributed by atoms with Crippen LogP contribution in [0.5, 0.6) is 0 Å². The highest BCUT2D eigenvalue weighted by molar-refractivity contribution is 7.80. The van der Waals surface area contributed by atoms with Crippen molar-refractivity contribution in [1.82, 2.24) is 0 Å². The van der Waals surface area contributed by atoms with Crippen LogP contribution in [0, 0.1) is 10.1 Å². The lowest BCUT2D eigenvalue weighted by Crippen LogP contribution is -2.41. The molecular formula is C9H13N3O9S. The summed E-state index contributed by atoms with van der Waals surface area (Å²) < 4.78 is 43.3. The zero-order chi connectivity index (χ0) is 16.8. The average molecular weight is 339 g/mol. The van der Waals surface area contributed by atoms with Crippen LogP contribution in [0.15, 0.2) is 9.98 Å². The number of carbonyl (C=O) groups excluding carboxylic acids is 1. The zero-order valence-electron chi connectivity index (χ0n) is 11.3. The van der Waals surface area contributed by atoms with Crippen molar-refractivity contribution >= 4 is 28.8 Å². The lowest BCUT2D eigenvalue weighted by atomic mass is 10.3.